The Labute approximate surface area is 82.7 Å². The standard InChI is InChI=1S/C11H12O3/c1-7-4-5-9(6-8(7)2)10(12)11(13)14-3/h4-6H,1-3H3. The number of hydrogen-bond donors (Lipinski definition) is 0. The first-order valence-electron chi connectivity index (χ1n) is 4.26. The van der Waals surface area contributed by atoms with Gasteiger partial charge in [-0.2, -0.15) is 0 Å². The van der Waals surface area contributed by atoms with Crippen molar-refractivity contribution in [3.8, 4) is 0 Å². The maximum absolute atomic E-state index is 11.4. The quantitative estimate of drug-likeness (QED) is 0.406. The van der Waals surface area contributed by atoms with Gasteiger partial charge < -0.3 is 4.74 Å². The normalized spacial score (nSPS) is 9.64. The first-order chi connectivity index (χ1) is 6.56. The van der Waals surface area contributed by atoms with Crippen LogP contribution in [0.2, 0.25) is 0 Å². The second kappa shape index (κ2) is 4.05. The van der Waals surface area contributed by atoms with Crippen molar-refractivity contribution in [3.05, 3.63) is 34.9 Å². The molecule has 0 fully saturated rings. The Balaban J connectivity index is 3.03. The number of ether oxygens (including phenoxy) is 1. The first-order valence-corrected chi connectivity index (χ1v) is 4.26. The highest BCUT2D eigenvalue weighted by molar-refractivity contribution is 6.40. The maximum Gasteiger partial charge on any atom is 0.379 e. The summed E-state index contributed by atoms with van der Waals surface area (Å²) in [6.45, 7) is 3.84. The van der Waals surface area contributed by atoms with Gasteiger partial charge in [-0.15, -0.1) is 0 Å². The largest absolute Gasteiger partial charge is 0.463 e. The molecule has 0 spiro atoms. The molecule has 0 radical (unpaired) electrons. The molecule has 0 unspecified atom stereocenters. The van der Waals surface area contributed by atoms with E-state index in [2.05, 4.69) is 4.74 Å². The molecule has 1 aromatic rings. The van der Waals surface area contributed by atoms with Gasteiger partial charge in [-0.3, -0.25) is 4.79 Å². The summed E-state index contributed by atoms with van der Waals surface area (Å²) in [4.78, 5) is 22.3. The van der Waals surface area contributed by atoms with Crippen LogP contribution in [0.5, 0.6) is 0 Å². The van der Waals surface area contributed by atoms with Crippen molar-refractivity contribution in [2.45, 2.75) is 13.8 Å². The molecule has 0 aliphatic rings. The lowest BCUT2D eigenvalue weighted by atomic mass is 10.0. The average molecular weight is 192 g/mol. The zero-order valence-corrected chi connectivity index (χ0v) is 8.46. The molecular weight excluding hydrogens is 180 g/mol. The lowest BCUT2D eigenvalue weighted by Gasteiger charge is -2.02. The Hall–Kier alpha value is -1.64. The molecule has 0 aliphatic heterocycles. The van der Waals surface area contributed by atoms with Gasteiger partial charge in [0.2, 0.25) is 0 Å². The molecule has 14 heavy (non-hydrogen) atoms. The molecule has 0 aromatic heterocycles. The summed E-state index contributed by atoms with van der Waals surface area (Å²) < 4.78 is 4.35. The molecule has 0 amide bonds. The van der Waals surface area contributed by atoms with Crippen LogP contribution < -0.4 is 0 Å². The van der Waals surface area contributed by atoms with E-state index >= 15 is 0 Å². The van der Waals surface area contributed by atoms with Crippen molar-refractivity contribution in [1.82, 2.24) is 0 Å². The van der Waals surface area contributed by atoms with Crippen molar-refractivity contribution in [3.63, 3.8) is 0 Å². The van der Waals surface area contributed by atoms with E-state index in [-0.39, 0.29) is 0 Å². The number of carbonyl (C=O) groups excluding carboxylic acids is 2. The fourth-order valence-electron chi connectivity index (χ4n) is 1.09. The molecule has 1 aromatic carbocycles. The van der Waals surface area contributed by atoms with Crippen molar-refractivity contribution >= 4 is 11.8 Å². The Kier molecular flexibility index (Phi) is 3.02. The van der Waals surface area contributed by atoms with E-state index < -0.39 is 11.8 Å². The predicted octanol–water partition coefficient (Wildman–Crippen LogP) is 1.66. The fourth-order valence-corrected chi connectivity index (χ4v) is 1.09. The zero-order valence-electron chi connectivity index (χ0n) is 8.46. The van der Waals surface area contributed by atoms with Crippen LogP contribution in [-0.4, -0.2) is 18.9 Å². The molecule has 74 valence electrons. The number of ketones is 1. The predicted molar refractivity (Wildman–Crippen MR) is 52.3 cm³/mol. The molecule has 0 atom stereocenters. The highest BCUT2D eigenvalue weighted by Gasteiger charge is 2.16. The number of rotatable bonds is 2. The zero-order chi connectivity index (χ0) is 10.7. The van der Waals surface area contributed by atoms with Crippen LogP contribution in [-0.2, 0) is 9.53 Å². The number of benzene rings is 1. The van der Waals surface area contributed by atoms with E-state index in [0.717, 1.165) is 11.1 Å². The number of aryl methyl sites for hydroxylation is 2. The first kappa shape index (κ1) is 10.4. The molecule has 3 heteroatoms. The highest BCUT2D eigenvalue weighted by Crippen LogP contribution is 2.10. The summed E-state index contributed by atoms with van der Waals surface area (Å²) in [5.74, 6) is -1.43. The minimum atomic E-state index is -0.826. The molecule has 1 rings (SSSR count). The Bertz CT molecular complexity index is 380. The topological polar surface area (TPSA) is 43.4 Å². The summed E-state index contributed by atoms with van der Waals surface area (Å²) in [6.07, 6.45) is 0. The van der Waals surface area contributed by atoms with Gasteiger partial charge >= 0.3 is 5.97 Å². The number of esters is 1. The van der Waals surface area contributed by atoms with Crippen molar-refractivity contribution in [1.29, 1.82) is 0 Å². The summed E-state index contributed by atoms with van der Waals surface area (Å²) in [5.41, 5.74) is 2.45. The lowest BCUT2D eigenvalue weighted by molar-refractivity contribution is -0.135. The van der Waals surface area contributed by atoms with E-state index in [4.69, 9.17) is 0 Å². The van der Waals surface area contributed by atoms with Crippen molar-refractivity contribution in [2.75, 3.05) is 7.11 Å². The molecule has 3 nitrogen and oxygen atoms in total. The number of methoxy groups -OCH3 is 1. The van der Waals surface area contributed by atoms with Crippen LogP contribution in [0.15, 0.2) is 18.2 Å². The van der Waals surface area contributed by atoms with Gasteiger partial charge in [0.15, 0.2) is 0 Å². The summed E-state index contributed by atoms with van der Waals surface area (Å²) >= 11 is 0. The second-order valence-electron chi connectivity index (χ2n) is 3.12. The van der Waals surface area contributed by atoms with E-state index in [1.807, 2.05) is 19.9 Å². The number of hydrogen-bond acceptors (Lipinski definition) is 3. The Morgan fingerprint density at radius 1 is 1.14 bits per heavy atom. The van der Waals surface area contributed by atoms with Crippen LogP contribution in [0.3, 0.4) is 0 Å². The van der Waals surface area contributed by atoms with E-state index in [0.29, 0.717) is 5.56 Å². The minimum Gasteiger partial charge on any atom is -0.463 e. The molecule has 0 N–H and O–H groups in total. The van der Waals surface area contributed by atoms with E-state index in [9.17, 15) is 9.59 Å². The van der Waals surface area contributed by atoms with Gasteiger partial charge in [-0.05, 0) is 31.0 Å². The van der Waals surface area contributed by atoms with Crippen LogP contribution in [0.4, 0.5) is 0 Å². The fraction of sp³-hybridized carbons (Fsp3) is 0.273. The molecule has 0 saturated carbocycles. The third-order valence-corrected chi connectivity index (χ3v) is 2.14. The average Bonchev–Trinajstić information content (AvgIpc) is 2.20. The van der Waals surface area contributed by atoms with Gasteiger partial charge in [0.1, 0.15) is 0 Å². The molecule has 0 saturated heterocycles. The molecule has 0 bridgehead atoms. The van der Waals surface area contributed by atoms with Crippen LogP contribution >= 0.6 is 0 Å². The van der Waals surface area contributed by atoms with E-state index in [1.54, 1.807) is 12.1 Å². The van der Waals surface area contributed by atoms with Crippen molar-refractivity contribution in [2.24, 2.45) is 0 Å². The molecule has 0 heterocycles. The van der Waals surface area contributed by atoms with Crippen LogP contribution in [0.25, 0.3) is 0 Å². The summed E-state index contributed by atoms with van der Waals surface area (Å²) in [5, 5.41) is 0. The molecule has 0 aliphatic carbocycles. The monoisotopic (exact) mass is 192 g/mol. The molecular formula is C11H12O3. The van der Waals surface area contributed by atoms with Gasteiger partial charge in [0.05, 0.1) is 7.11 Å². The van der Waals surface area contributed by atoms with Crippen LogP contribution in [0.1, 0.15) is 21.5 Å². The number of Topliss-reactive ketones (excluding diaryl/α,β-unsaturated/α-hetero) is 1. The second-order valence-corrected chi connectivity index (χ2v) is 3.12. The van der Waals surface area contributed by atoms with Gasteiger partial charge in [-0.25, -0.2) is 4.79 Å². The van der Waals surface area contributed by atoms with Gasteiger partial charge in [0.25, 0.3) is 5.78 Å². The van der Waals surface area contributed by atoms with Crippen molar-refractivity contribution < 1.29 is 14.3 Å². The van der Waals surface area contributed by atoms with E-state index in [1.165, 1.54) is 7.11 Å². The maximum atomic E-state index is 11.4. The SMILES string of the molecule is COC(=O)C(=O)c1ccc(C)c(C)c1. The summed E-state index contributed by atoms with van der Waals surface area (Å²) in [6, 6.07) is 5.13. The van der Waals surface area contributed by atoms with Gasteiger partial charge in [0, 0.05) is 5.56 Å². The minimum absolute atomic E-state index is 0.375. The lowest BCUT2D eigenvalue weighted by Crippen LogP contribution is -2.15. The highest BCUT2D eigenvalue weighted by atomic mass is 16.5. The third-order valence-electron chi connectivity index (χ3n) is 2.14. The van der Waals surface area contributed by atoms with Gasteiger partial charge in [-0.1, -0.05) is 12.1 Å². The Morgan fingerprint density at radius 3 is 2.29 bits per heavy atom. The number of carbonyl (C=O) groups is 2. The third kappa shape index (κ3) is 1.99. The smallest absolute Gasteiger partial charge is 0.379 e. The van der Waals surface area contributed by atoms with Crippen LogP contribution in [0, 0.1) is 13.8 Å². The Morgan fingerprint density at radius 2 is 1.79 bits per heavy atom. The summed E-state index contributed by atoms with van der Waals surface area (Å²) in [7, 11) is 1.20.